The lowest BCUT2D eigenvalue weighted by Gasteiger charge is -2.09. The maximum atomic E-state index is 11.9. The number of rotatable bonds is 7. The van der Waals surface area contributed by atoms with Crippen molar-refractivity contribution in [3.8, 4) is 0 Å². The average molecular weight is 315 g/mol. The van der Waals surface area contributed by atoms with Crippen LogP contribution < -0.4 is 10.6 Å². The number of hydrogen-bond acceptors (Lipinski definition) is 3. The molecule has 0 saturated carbocycles. The fourth-order valence-electron chi connectivity index (χ4n) is 2.00. The van der Waals surface area contributed by atoms with Crippen LogP contribution in [0.3, 0.4) is 0 Å². The number of hydrogen-bond donors (Lipinski definition) is 2. The highest BCUT2D eigenvalue weighted by Gasteiger charge is 2.02. The molecule has 0 aliphatic carbocycles. The van der Waals surface area contributed by atoms with E-state index in [2.05, 4.69) is 28.6 Å². The third-order valence-corrected chi connectivity index (χ3v) is 4.05. The number of carbonyl (C=O) groups excluding carboxylic acids is 1. The fourth-order valence-corrected chi connectivity index (χ4v) is 2.62. The summed E-state index contributed by atoms with van der Waals surface area (Å²) in [6, 6.07) is 11.7. The first-order valence-corrected chi connectivity index (χ1v) is 8.54. The van der Waals surface area contributed by atoms with Gasteiger partial charge >= 0.3 is 6.03 Å². The van der Waals surface area contributed by atoms with E-state index in [1.54, 1.807) is 12.4 Å². The lowest BCUT2D eigenvalue weighted by Crippen LogP contribution is -2.30. The van der Waals surface area contributed by atoms with Crippen LogP contribution in [0.2, 0.25) is 0 Å². The Morgan fingerprint density at radius 3 is 2.77 bits per heavy atom. The molecule has 0 aliphatic rings. The number of urea groups is 1. The molecule has 0 radical (unpaired) electrons. The number of nitrogens with zero attached hydrogens (tertiary/aromatic N) is 1. The van der Waals surface area contributed by atoms with Gasteiger partial charge in [0.15, 0.2) is 0 Å². The molecule has 2 aromatic rings. The monoisotopic (exact) mass is 315 g/mol. The Morgan fingerprint density at radius 2 is 2.00 bits per heavy atom. The molecule has 0 spiro atoms. The first kappa shape index (κ1) is 16.4. The smallest absolute Gasteiger partial charge is 0.319 e. The number of thioether (sulfide) groups is 1. The van der Waals surface area contributed by atoms with Gasteiger partial charge in [-0.25, -0.2) is 4.79 Å². The van der Waals surface area contributed by atoms with Gasteiger partial charge in [-0.15, -0.1) is 0 Å². The lowest BCUT2D eigenvalue weighted by molar-refractivity contribution is 0.252. The number of aromatic nitrogens is 1. The zero-order valence-electron chi connectivity index (χ0n) is 12.7. The van der Waals surface area contributed by atoms with Crippen LogP contribution in [0.4, 0.5) is 10.5 Å². The van der Waals surface area contributed by atoms with Crippen molar-refractivity contribution in [2.24, 2.45) is 0 Å². The normalized spacial score (nSPS) is 10.2. The van der Waals surface area contributed by atoms with Crippen LogP contribution in [-0.4, -0.2) is 23.3 Å². The third-order valence-electron chi connectivity index (χ3n) is 3.11. The molecule has 2 rings (SSSR count). The standard InChI is InChI=1S/C17H21N3OS/c1-2-22-13-15-4-3-5-16(12-15)20-17(21)19-11-8-14-6-9-18-10-7-14/h3-7,9-10,12H,2,8,11,13H2,1H3,(H2,19,20,21). The fraction of sp³-hybridized carbons (Fsp3) is 0.294. The Labute approximate surface area is 135 Å². The summed E-state index contributed by atoms with van der Waals surface area (Å²) in [5.74, 6) is 2.06. The summed E-state index contributed by atoms with van der Waals surface area (Å²) in [7, 11) is 0. The van der Waals surface area contributed by atoms with Crippen LogP contribution in [0.15, 0.2) is 48.8 Å². The third kappa shape index (κ3) is 5.77. The zero-order chi connectivity index (χ0) is 15.6. The first-order valence-electron chi connectivity index (χ1n) is 7.38. The second kappa shape index (κ2) is 9.10. The van der Waals surface area contributed by atoms with E-state index in [1.165, 1.54) is 5.56 Å². The molecule has 0 fully saturated rings. The van der Waals surface area contributed by atoms with Gasteiger partial charge in [0.2, 0.25) is 0 Å². The summed E-state index contributed by atoms with van der Waals surface area (Å²) < 4.78 is 0. The topological polar surface area (TPSA) is 54.0 Å². The van der Waals surface area contributed by atoms with Gasteiger partial charge in [-0.1, -0.05) is 19.1 Å². The van der Waals surface area contributed by atoms with Crippen molar-refractivity contribution in [1.29, 1.82) is 0 Å². The van der Waals surface area contributed by atoms with Gasteiger partial charge in [0.25, 0.3) is 0 Å². The molecule has 2 N–H and O–H groups in total. The lowest BCUT2D eigenvalue weighted by atomic mass is 10.2. The van der Waals surface area contributed by atoms with Gasteiger partial charge in [-0.3, -0.25) is 4.98 Å². The second-order valence-electron chi connectivity index (χ2n) is 4.82. The van der Waals surface area contributed by atoms with E-state index in [0.29, 0.717) is 6.54 Å². The molecule has 0 unspecified atom stereocenters. The van der Waals surface area contributed by atoms with Gasteiger partial charge in [0.1, 0.15) is 0 Å². The van der Waals surface area contributed by atoms with E-state index in [4.69, 9.17) is 0 Å². The Hall–Kier alpha value is -2.01. The van der Waals surface area contributed by atoms with Gasteiger partial charge in [0.05, 0.1) is 0 Å². The number of amides is 2. The predicted octanol–water partition coefficient (Wildman–Crippen LogP) is 3.70. The average Bonchev–Trinajstić information content (AvgIpc) is 2.54. The number of benzene rings is 1. The molecule has 4 nitrogen and oxygen atoms in total. The number of pyridine rings is 1. The molecule has 0 bridgehead atoms. The van der Waals surface area contributed by atoms with E-state index < -0.39 is 0 Å². The molecule has 116 valence electrons. The van der Waals surface area contributed by atoms with Crippen LogP contribution >= 0.6 is 11.8 Å². The second-order valence-corrected chi connectivity index (χ2v) is 6.10. The summed E-state index contributed by atoms with van der Waals surface area (Å²) >= 11 is 1.87. The van der Waals surface area contributed by atoms with Crippen LogP contribution in [0.1, 0.15) is 18.1 Å². The van der Waals surface area contributed by atoms with Gasteiger partial charge in [0, 0.05) is 30.4 Å². The van der Waals surface area contributed by atoms with Crippen molar-refractivity contribution in [2.45, 2.75) is 19.1 Å². The minimum Gasteiger partial charge on any atom is -0.338 e. The Morgan fingerprint density at radius 1 is 1.18 bits per heavy atom. The maximum absolute atomic E-state index is 11.9. The highest BCUT2D eigenvalue weighted by atomic mass is 32.2. The molecule has 0 aliphatic heterocycles. The Kier molecular flexibility index (Phi) is 6.77. The Balaban J connectivity index is 1.77. The van der Waals surface area contributed by atoms with Crippen molar-refractivity contribution >= 4 is 23.5 Å². The highest BCUT2D eigenvalue weighted by Crippen LogP contribution is 2.16. The molecule has 2 amide bonds. The van der Waals surface area contributed by atoms with Crippen molar-refractivity contribution in [3.05, 3.63) is 59.9 Å². The molecular formula is C17H21N3OS. The summed E-state index contributed by atoms with van der Waals surface area (Å²) in [6.07, 6.45) is 4.31. The number of anilines is 1. The van der Waals surface area contributed by atoms with Crippen molar-refractivity contribution in [3.63, 3.8) is 0 Å². The van der Waals surface area contributed by atoms with Crippen LogP contribution in [-0.2, 0) is 12.2 Å². The molecular weight excluding hydrogens is 294 g/mol. The highest BCUT2D eigenvalue weighted by molar-refractivity contribution is 7.98. The zero-order valence-corrected chi connectivity index (χ0v) is 13.5. The molecule has 0 saturated heterocycles. The molecule has 5 heteroatoms. The minimum absolute atomic E-state index is 0.172. The summed E-state index contributed by atoms with van der Waals surface area (Å²) in [5, 5.41) is 5.74. The van der Waals surface area contributed by atoms with E-state index >= 15 is 0 Å². The quantitative estimate of drug-likeness (QED) is 0.819. The van der Waals surface area contributed by atoms with Crippen LogP contribution in [0.25, 0.3) is 0 Å². The van der Waals surface area contributed by atoms with Crippen molar-refractivity contribution < 1.29 is 4.79 Å². The van der Waals surface area contributed by atoms with Crippen LogP contribution in [0.5, 0.6) is 0 Å². The van der Waals surface area contributed by atoms with Gasteiger partial charge in [-0.2, -0.15) is 11.8 Å². The SMILES string of the molecule is CCSCc1cccc(NC(=O)NCCc2ccncc2)c1. The summed E-state index contributed by atoms with van der Waals surface area (Å²) in [4.78, 5) is 15.9. The first-order chi connectivity index (χ1) is 10.8. The maximum Gasteiger partial charge on any atom is 0.319 e. The largest absolute Gasteiger partial charge is 0.338 e. The van der Waals surface area contributed by atoms with E-state index in [-0.39, 0.29) is 6.03 Å². The van der Waals surface area contributed by atoms with Crippen LogP contribution in [0, 0.1) is 0 Å². The van der Waals surface area contributed by atoms with E-state index in [9.17, 15) is 4.79 Å². The van der Waals surface area contributed by atoms with Gasteiger partial charge in [-0.05, 0) is 47.6 Å². The molecule has 0 atom stereocenters. The predicted molar refractivity (Wildman–Crippen MR) is 93.2 cm³/mol. The number of carbonyl (C=O) groups is 1. The molecule has 22 heavy (non-hydrogen) atoms. The van der Waals surface area contributed by atoms with Crippen molar-refractivity contribution in [1.82, 2.24) is 10.3 Å². The number of nitrogens with one attached hydrogen (secondary N) is 2. The van der Waals surface area contributed by atoms with E-state index in [1.807, 2.05) is 42.1 Å². The summed E-state index contributed by atoms with van der Waals surface area (Å²) in [6.45, 7) is 2.74. The minimum atomic E-state index is -0.172. The molecule has 1 aromatic heterocycles. The van der Waals surface area contributed by atoms with Crippen molar-refractivity contribution in [2.75, 3.05) is 17.6 Å². The molecule has 1 aromatic carbocycles. The van der Waals surface area contributed by atoms with Gasteiger partial charge < -0.3 is 10.6 Å². The molecule has 1 heterocycles. The van der Waals surface area contributed by atoms with E-state index in [0.717, 1.165) is 29.2 Å². The Bertz CT molecular complexity index is 589. The summed E-state index contributed by atoms with van der Waals surface area (Å²) in [5.41, 5.74) is 3.21.